The number of rotatable bonds is 9. The Kier molecular flexibility index (Phi) is 8.04. The third kappa shape index (κ3) is 5.95. The zero-order valence-electron chi connectivity index (χ0n) is 19.3. The maximum Gasteiger partial charge on any atom is 0.237 e. The molecule has 0 bridgehead atoms. The monoisotopic (exact) mass is 471 g/mol. The van der Waals surface area contributed by atoms with Crippen LogP contribution in [0.3, 0.4) is 0 Å². The minimum absolute atomic E-state index is 0.0782. The molecule has 0 radical (unpaired) electrons. The minimum atomic E-state index is -0.142. The third-order valence-corrected chi connectivity index (χ3v) is 7.32. The van der Waals surface area contributed by atoms with Crippen LogP contribution in [-0.2, 0) is 22.6 Å². The van der Waals surface area contributed by atoms with Crippen molar-refractivity contribution in [1.82, 2.24) is 25.1 Å². The van der Waals surface area contributed by atoms with Gasteiger partial charge >= 0.3 is 0 Å². The summed E-state index contributed by atoms with van der Waals surface area (Å²) in [5.41, 5.74) is 1.99. The third-order valence-electron chi connectivity index (χ3n) is 7.08. The van der Waals surface area contributed by atoms with Gasteiger partial charge in [0.05, 0.1) is 12.4 Å². The van der Waals surface area contributed by atoms with Gasteiger partial charge in [-0.15, -0.1) is 0 Å². The smallest absolute Gasteiger partial charge is 0.237 e. The van der Waals surface area contributed by atoms with Crippen molar-refractivity contribution in [2.45, 2.75) is 64.1 Å². The fraction of sp³-hybridized carbons (Fsp3) is 0.560. The normalized spacial score (nSPS) is 23.2. The predicted octanol–water partition coefficient (Wildman–Crippen LogP) is 3.40. The largest absolute Gasteiger partial charge is 0.351 e. The molecule has 0 unspecified atom stereocenters. The van der Waals surface area contributed by atoms with E-state index in [2.05, 4.69) is 27.1 Å². The Morgan fingerprint density at radius 1 is 1.27 bits per heavy atom. The second kappa shape index (κ2) is 11.2. The lowest BCUT2D eigenvalue weighted by Crippen LogP contribution is -2.50. The van der Waals surface area contributed by atoms with Gasteiger partial charge in [-0.05, 0) is 55.8 Å². The van der Waals surface area contributed by atoms with Crippen molar-refractivity contribution in [2.24, 2.45) is 5.92 Å². The molecular weight excluding hydrogens is 438 g/mol. The number of aryl methyl sites for hydroxylation is 1. The van der Waals surface area contributed by atoms with Crippen LogP contribution in [0.1, 0.15) is 50.3 Å². The maximum atomic E-state index is 13.2. The molecule has 2 N–H and O–H groups in total. The van der Waals surface area contributed by atoms with Gasteiger partial charge in [-0.3, -0.25) is 14.5 Å². The second-order valence-electron chi connectivity index (χ2n) is 9.20. The van der Waals surface area contributed by atoms with Crippen molar-refractivity contribution >= 4 is 23.4 Å². The Hall–Kier alpha value is -2.38. The van der Waals surface area contributed by atoms with E-state index in [0.29, 0.717) is 30.3 Å². The number of H-pyrrole nitrogens is 1. The zero-order chi connectivity index (χ0) is 23.2. The lowest BCUT2D eigenvalue weighted by Gasteiger charge is -2.32. The molecule has 1 aromatic heterocycles. The van der Waals surface area contributed by atoms with Gasteiger partial charge in [-0.2, -0.15) is 0 Å². The van der Waals surface area contributed by atoms with Crippen LogP contribution >= 0.6 is 11.6 Å². The average molecular weight is 472 g/mol. The van der Waals surface area contributed by atoms with E-state index in [9.17, 15) is 9.59 Å². The Morgan fingerprint density at radius 3 is 2.91 bits per heavy atom. The Labute approximate surface area is 200 Å². The number of halogens is 1. The molecule has 2 fully saturated rings. The SMILES string of the molecule is CC[C@H]1CCN(C[C@@H]2CCCN2C(=O)CCc2cnc[nH]2)[C@@H]1C(=O)NCc1cccc(Cl)c1. The number of amides is 2. The number of imidazole rings is 1. The van der Waals surface area contributed by atoms with Gasteiger partial charge < -0.3 is 15.2 Å². The molecule has 0 aliphatic carbocycles. The summed E-state index contributed by atoms with van der Waals surface area (Å²) in [6, 6.07) is 7.63. The molecule has 2 amide bonds. The van der Waals surface area contributed by atoms with Crippen molar-refractivity contribution in [3.63, 3.8) is 0 Å². The lowest BCUT2D eigenvalue weighted by molar-refractivity contribution is -0.132. The first kappa shape index (κ1) is 23.8. The zero-order valence-corrected chi connectivity index (χ0v) is 20.1. The summed E-state index contributed by atoms with van der Waals surface area (Å²) in [5.74, 6) is 0.616. The number of carbonyl (C=O) groups excluding carboxylic acids is 2. The molecule has 2 aliphatic heterocycles. The molecule has 0 spiro atoms. The average Bonchev–Trinajstić information content (AvgIpc) is 3.57. The number of hydrogen-bond acceptors (Lipinski definition) is 4. The Bertz CT molecular complexity index is 935. The molecule has 33 heavy (non-hydrogen) atoms. The lowest BCUT2D eigenvalue weighted by atomic mass is 9.96. The van der Waals surface area contributed by atoms with Crippen LogP contribution in [0.15, 0.2) is 36.8 Å². The molecule has 1 aromatic carbocycles. The standard InChI is InChI=1S/C25H34ClN5O2/c1-2-19-10-12-30(24(19)25(33)28-14-18-5-3-6-20(26)13-18)16-22-7-4-11-31(22)23(32)9-8-21-15-27-17-29-21/h3,5-6,13,15,17,19,22,24H,2,4,7-12,14,16H2,1H3,(H,27,29)(H,28,33)/t19-,22-,24-/m0/s1. The predicted molar refractivity (Wildman–Crippen MR) is 129 cm³/mol. The molecule has 2 aromatic rings. The maximum absolute atomic E-state index is 13.2. The van der Waals surface area contributed by atoms with Crippen LogP contribution in [0.25, 0.3) is 0 Å². The summed E-state index contributed by atoms with van der Waals surface area (Å²) < 4.78 is 0. The van der Waals surface area contributed by atoms with Crippen LogP contribution in [0, 0.1) is 5.92 Å². The number of nitrogens with zero attached hydrogens (tertiary/aromatic N) is 3. The highest BCUT2D eigenvalue weighted by Crippen LogP contribution is 2.30. The van der Waals surface area contributed by atoms with E-state index >= 15 is 0 Å². The summed E-state index contributed by atoms with van der Waals surface area (Å²) in [5, 5.41) is 3.80. The molecule has 3 atom stereocenters. The molecular formula is C25H34ClN5O2. The fourth-order valence-corrected chi connectivity index (χ4v) is 5.52. The van der Waals surface area contributed by atoms with Crippen LogP contribution in [0.2, 0.25) is 5.02 Å². The van der Waals surface area contributed by atoms with Crippen molar-refractivity contribution in [2.75, 3.05) is 19.6 Å². The van der Waals surface area contributed by atoms with E-state index in [1.807, 2.05) is 29.2 Å². The summed E-state index contributed by atoms with van der Waals surface area (Å²) in [6.45, 7) is 5.11. The highest BCUT2D eigenvalue weighted by molar-refractivity contribution is 6.30. The van der Waals surface area contributed by atoms with Gasteiger partial charge in [-0.25, -0.2) is 4.98 Å². The highest BCUT2D eigenvalue weighted by atomic mass is 35.5. The van der Waals surface area contributed by atoms with Gasteiger partial charge in [0.1, 0.15) is 0 Å². The molecule has 3 heterocycles. The first-order valence-corrected chi connectivity index (χ1v) is 12.5. The van der Waals surface area contributed by atoms with Crippen molar-refractivity contribution in [3.8, 4) is 0 Å². The quantitative estimate of drug-likeness (QED) is 0.587. The first-order chi connectivity index (χ1) is 16.0. The molecule has 7 nitrogen and oxygen atoms in total. The molecule has 2 aliphatic rings. The van der Waals surface area contributed by atoms with Crippen molar-refractivity contribution in [1.29, 1.82) is 0 Å². The highest BCUT2D eigenvalue weighted by Gasteiger charge is 2.40. The van der Waals surface area contributed by atoms with Crippen LogP contribution in [0.5, 0.6) is 0 Å². The molecule has 8 heteroatoms. The van der Waals surface area contributed by atoms with Gasteiger partial charge in [-0.1, -0.05) is 37.1 Å². The molecule has 178 valence electrons. The van der Waals surface area contributed by atoms with Crippen LogP contribution in [-0.4, -0.2) is 63.3 Å². The molecule has 2 saturated heterocycles. The van der Waals surface area contributed by atoms with Gasteiger partial charge in [0.15, 0.2) is 0 Å². The van der Waals surface area contributed by atoms with Crippen LogP contribution < -0.4 is 5.32 Å². The minimum Gasteiger partial charge on any atom is -0.351 e. The number of likely N-dealkylation sites (tertiary alicyclic amines) is 2. The van der Waals surface area contributed by atoms with E-state index in [0.717, 1.165) is 56.6 Å². The topological polar surface area (TPSA) is 81.3 Å². The number of aromatic nitrogens is 2. The second-order valence-corrected chi connectivity index (χ2v) is 9.64. The van der Waals surface area contributed by atoms with Gasteiger partial charge in [0.25, 0.3) is 0 Å². The van der Waals surface area contributed by atoms with Crippen LogP contribution in [0.4, 0.5) is 0 Å². The summed E-state index contributed by atoms with van der Waals surface area (Å²) in [7, 11) is 0. The molecule has 4 rings (SSSR count). The Morgan fingerprint density at radius 2 is 2.15 bits per heavy atom. The number of hydrogen-bond donors (Lipinski definition) is 2. The van der Waals surface area contributed by atoms with E-state index in [4.69, 9.17) is 11.6 Å². The number of aromatic amines is 1. The van der Waals surface area contributed by atoms with Crippen molar-refractivity contribution < 1.29 is 9.59 Å². The van der Waals surface area contributed by atoms with Gasteiger partial charge in [0, 0.05) is 49.0 Å². The van der Waals surface area contributed by atoms with Gasteiger partial charge in [0.2, 0.25) is 11.8 Å². The Balaban J connectivity index is 1.35. The first-order valence-electron chi connectivity index (χ1n) is 12.1. The summed E-state index contributed by atoms with van der Waals surface area (Å²) in [6.07, 6.45) is 8.61. The van der Waals surface area contributed by atoms with E-state index < -0.39 is 0 Å². The number of nitrogens with one attached hydrogen (secondary N) is 2. The van der Waals surface area contributed by atoms with Crippen molar-refractivity contribution in [3.05, 3.63) is 53.1 Å². The number of carbonyl (C=O) groups is 2. The fourth-order valence-electron chi connectivity index (χ4n) is 5.31. The summed E-state index contributed by atoms with van der Waals surface area (Å²) in [4.78, 5) is 37.6. The molecule has 0 saturated carbocycles. The van der Waals surface area contributed by atoms with E-state index in [-0.39, 0.29) is 23.9 Å². The number of benzene rings is 1. The van der Waals surface area contributed by atoms with E-state index in [1.54, 1.807) is 12.5 Å². The summed E-state index contributed by atoms with van der Waals surface area (Å²) >= 11 is 6.08. The van der Waals surface area contributed by atoms with E-state index in [1.165, 1.54) is 0 Å².